The molecule has 0 aromatic heterocycles. The second-order valence-electron chi connectivity index (χ2n) is 3.05. The van der Waals surface area contributed by atoms with Gasteiger partial charge in [-0.05, 0) is 24.3 Å². The molecule has 7 nitrogen and oxygen atoms in total. The van der Waals surface area contributed by atoms with E-state index >= 15 is 0 Å². The number of phosphoric ester groups is 1. The van der Waals surface area contributed by atoms with E-state index in [0.717, 1.165) is 0 Å². The molecule has 0 aliphatic rings. The Morgan fingerprint density at radius 2 is 1.72 bits per heavy atom. The van der Waals surface area contributed by atoms with E-state index in [1.807, 2.05) is 0 Å². The molecule has 0 atom stereocenters. The van der Waals surface area contributed by atoms with Gasteiger partial charge in [0.1, 0.15) is 0 Å². The molecular formula is C8H10BrO7PS. The van der Waals surface area contributed by atoms with Crippen molar-refractivity contribution in [2.45, 2.75) is 4.90 Å². The molecule has 10 heteroatoms. The summed E-state index contributed by atoms with van der Waals surface area (Å²) in [6.07, 6.45) is 0. The summed E-state index contributed by atoms with van der Waals surface area (Å²) in [7, 11) is -8.56. The zero-order valence-electron chi connectivity index (χ0n) is 8.89. The molecule has 1 aromatic rings. The molecule has 0 spiro atoms. The van der Waals surface area contributed by atoms with E-state index in [1.54, 1.807) is 0 Å². The Morgan fingerprint density at radius 1 is 1.17 bits per heavy atom. The maximum Gasteiger partial charge on any atom is 0.469 e. The van der Waals surface area contributed by atoms with Crippen LogP contribution in [-0.4, -0.2) is 31.4 Å². The molecule has 0 saturated carbocycles. The molecule has 1 aromatic carbocycles. The van der Waals surface area contributed by atoms with Crippen LogP contribution < -0.4 is 0 Å². The Kier molecular flexibility index (Phi) is 5.47. The molecule has 0 amide bonds. The number of halogens is 1. The van der Waals surface area contributed by atoms with Crippen LogP contribution in [0.5, 0.6) is 0 Å². The lowest BCUT2D eigenvalue weighted by atomic mass is 10.4. The predicted molar refractivity (Wildman–Crippen MR) is 65.3 cm³/mol. The molecule has 0 heterocycles. The van der Waals surface area contributed by atoms with E-state index in [1.165, 1.54) is 24.3 Å². The van der Waals surface area contributed by atoms with Crippen molar-refractivity contribution < 1.29 is 31.5 Å². The number of benzene rings is 1. The zero-order valence-corrected chi connectivity index (χ0v) is 12.2. The number of hydrogen-bond acceptors (Lipinski definition) is 5. The van der Waals surface area contributed by atoms with Crippen LogP contribution in [0.4, 0.5) is 0 Å². The van der Waals surface area contributed by atoms with Crippen molar-refractivity contribution in [2.24, 2.45) is 0 Å². The lowest BCUT2D eigenvalue weighted by Gasteiger charge is -2.07. The summed E-state index contributed by atoms with van der Waals surface area (Å²) >= 11 is 3.16. The molecular weight excluding hydrogens is 351 g/mol. The fourth-order valence-corrected chi connectivity index (χ4v) is 2.44. The average molecular weight is 361 g/mol. The number of phosphoric acid groups is 1. The van der Waals surface area contributed by atoms with Gasteiger partial charge >= 0.3 is 7.82 Å². The molecule has 0 radical (unpaired) electrons. The van der Waals surface area contributed by atoms with Crippen LogP contribution in [0, 0.1) is 0 Å². The monoisotopic (exact) mass is 360 g/mol. The normalized spacial score (nSPS) is 12.6. The first-order valence-corrected chi connectivity index (χ1v) is 8.29. The smallest absolute Gasteiger partial charge is 0.303 e. The third-order valence-corrected chi connectivity index (χ3v) is 4.06. The molecule has 102 valence electrons. The lowest BCUT2D eigenvalue weighted by Crippen LogP contribution is -2.11. The summed E-state index contributed by atoms with van der Waals surface area (Å²) in [5.41, 5.74) is 0. The Labute approximate surface area is 112 Å². The Morgan fingerprint density at radius 3 is 2.22 bits per heavy atom. The molecule has 0 unspecified atom stereocenters. The minimum absolute atomic E-state index is 0.0538. The molecule has 0 fully saturated rings. The highest BCUT2D eigenvalue weighted by molar-refractivity contribution is 9.10. The summed E-state index contributed by atoms with van der Waals surface area (Å²) in [5, 5.41) is 0. The molecule has 0 aliphatic heterocycles. The van der Waals surface area contributed by atoms with Gasteiger partial charge in [-0.25, -0.2) is 4.57 Å². The molecule has 0 saturated heterocycles. The Balaban J connectivity index is 2.56. The Hall–Kier alpha value is -0.280. The van der Waals surface area contributed by atoms with Crippen LogP contribution in [0.1, 0.15) is 0 Å². The largest absolute Gasteiger partial charge is 0.469 e. The quantitative estimate of drug-likeness (QED) is 0.446. The van der Waals surface area contributed by atoms with E-state index in [2.05, 4.69) is 24.6 Å². The van der Waals surface area contributed by atoms with Crippen LogP contribution in [0.3, 0.4) is 0 Å². The molecule has 1 rings (SSSR count). The fraction of sp³-hybridized carbons (Fsp3) is 0.250. The third-order valence-electron chi connectivity index (χ3n) is 1.68. The molecule has 0 bridgehead atoms. The summed E-state index contributed by atoms with van der Waals surface area (Å²) in [6.45, 7) is -1.01. The SMILES string of the molecule is O=P(O)(O)OCCOS(=O)(=O)c1ccc(Br)cc1. The van der Waals surface area contributed by atoms with Gasteiger partial charge in [-0.2, -0.15) is 8.42 Å². The molecule has 2 N–H and O–H groups in total. The minimum atomic E-state index is -4.61. The van der Waals surface area contributed by atoms with E-state index < -0.39 is 31.2 Å². The highest BCUT2D eigenvalue weighted by Gasteiger charge is 2.17. The highest BCUT2D eigenvalue weighted by Crippen LogP contribution is 2.35. The van der Waals surface area contributed by atoms with Crippen LogP contribution in [0.15, 0.2) is 33.6 Å². The van der Waals surface area contributed by atoms with E-state index in [-0.39, 0.29) is 4.90 Å². The number of hydrogen-bond donors (Lipinski definition) is 2. The van der Waals surface area contributed by atoms with Crippen molar-refractivity contribution in [2.75, 3.05) is 13.2 Å². The van der Waals surface area contributed by atoms with Crippen LogP contribution in [0.25, 0.3) is 0 Å². The van der Waals surface area contributed by atoms with Gasteiger partial charge in [0.15, 0.2) is 0 Å². The van der Waals surface area contributed by atoms with E-state index in [9.17, 15) is 13.0 Å². The predicted octanol–water partition coefficient (Wildman–Crippen LogP) is 1.26. The third kappa shape index (κ3) is 5.57. The van der Waals surface area contributed by atoms with E-state index in [0.29, 0.717) is 4.47 Å². The van der Waals surface area contributed by atoms with Crippen molar-refractivity contribution >= 4 is 33.9 Å². The first kappa shape index (κ1) is 15.8. The van der Waals surface area contributed by atoms with Crippen molar-refractivity contribution in [3.8, 4) is 0 Å². The van der Waals surface area contributed by atoms with Crippen LogP contribution >= 0.6 is 23.8 Å². The fourth-order valence-electron chi connectivity index (χ4n) is 0.969. The minimum Gasteiger partial charge on any atom is -0.303 e. The maximum atomic E-state index is 11.6. The van der Waals surface area contributed by atoms with Gasteiger partial charge < -0.3 is 9.79 Å². The highest BCUT2D eigenvalue weighted by atomic mass is 79.9. The van der Waals surface area contributed by atoms with Gasteiger partial charge in [0.2, 0.25) is 0 Å². The average Bonchev–Trinajstić information content (AvgIpc) is 2.24. The second-order valence-corrected chi connectivity index (χ2v) is 6.82. The number of rotatable bonds is 6. The standard InChI is InChI=1S/C8H10BrO7PS/c9-7-1-3-8(4-2-7)18(13,14)16-6-5-15-17(10,11)12/h1-4H,5-6H2,(H2,10,11,12). The van der Waals surface area contributed by atoms with Gasteiger partial charge in [-0.1, -0.05) is 15.9 Å². The Bertz CT molecular complexity index is 535. The van der Waals surface area contributed by atoms with Crippen molar-refractivity contribution in [3.05, 3.63) is 28.7 Å². The van der Waals surface area contributed by atoms with Crippen molar-refractivity contribution in [1.29, 1.82) is 0 Å². The van der Waals surface area contributed by atoms with E-state index in [4.69, 9.17) is 9.79 Å². The van der Waals surface area contributed by atoms with Gasteiger partial charge in [0.05, 0.1) is 18.1 Å². The topological polar surface area (TPSA) is 110 Å². The summed E-state index contributed by atoms with van der Waals surface area (Å²) in [6, 6.07) is 5.73. The second kappa shape index (κ2) is 6.25. The first-order chi connectivity index (χ1) is 8.21. The van der Waals surface area contributed by atoms with Crippen LogP contribution in [0.2, 0.25) is 0 Å². The lowest BCUT2D eigenvalue weighted by molar-refractivity contribution is 0.162. The summed E-state index contributed by atoms with van der Waals surface area (Å²) < 4.78 is 42.8. The molecule has 0 aliphatic carbocycles. The van der Waals surface area contributed by atoms with Gasteiger partial charge in [0, 0.05) is 4.47 Å². The van der Waals surface area contributed by atoms with Gasteiger partial charge in [-0.15, -0.1) is 0 Å². The van der Waals surface area contributed by atoms with Crippen molar-refractivity contribution in [1.82, 2.24) is 0 Å². The first-order valence-electron chi connectivity index (χ1n) is 4.56. The summed E-state index contributed by atoms with van der Waals surface area (Å²) in [4.78, 5) is 16.7. The van der Waals surface area contributed by atoms with Gasteiger partial charge in [0.25, 0.3) is 10.1 Å². The van der Waals surface area contributed by atoms with Gasteiger partial charge in [-0.3, -0.25) is 8.71 Å². The molecule has 18 heavy (non-hydrogen) atoms. The maximum absolute atomic E-state index is 11.6. The zero-order chi connectivity index (χ0) is 13.8. The van der Waals surface area contributed by atoms with Crippen LogP contribution in [-0.2, 0) is 23.4 Å². The van der Waals surface area contributed by atoms with Crippen molar-refractivity contribution in [3.63, 3.8) is 0 Å². The summed E-state index contributed by atoms with van der Waals surface area (Å²) in [5.74, 6) is 0.